The van der Waals surface area contributed by atoms with Crippen molar-refractivity contribution in [2.75, 3.05) is 37.8 Å². The van der Waals surface area contributed by atoms with E-state index < -0.39 is 0 Å². The molecule has 0 saturated carbocycles. The van der Waals surface area contributed by atoms with Crippen LogP contribution in [0.4, 0.5) is 4.39 Å². The standard InChI is InChI=1S/C15H18FN3O2S.ClH/c16-12-3-1-2-11(6-12)13-7-17-4-5-19(13)14(20)8-18-10-22-9-15(18)21;/h1-3,6,13,17H,4-5,7-10H2;1H. The first kappa shape index (κ1) is 18.0. The molecule has 0 radical (unpaired) electrons. The van der Waals surface area contributed by atoms with Crippen LogP contribution >= 0.6 is 24.2 Å². The third kappa shape index (κ3) is 4.16. The third-order valence-electron chi connectivity index (χ3n) is 3.95. The summed E-state index contributed by atoms with van der Waals surface area (Å²) in [5.74, 6) is 0.646. The van der Waals surface area contributed by atoms with Crippen molar-refractivity contribution >= 4 is 36.0 Å². The highest BCUT2D eigenvalue weighted by molar-refractivity contribution is 8.00. The summed E-state index contributed by atoms with van der Waals surface area (Å²) in [6.45, 7) is 1.98. The summed E-state index contributed by atoms with van der Waals surface area (Å²) >= 11 is 1.52. The lowest BCUT2D eigenvalue weighted by atomic mass is 10.0. The Bertz CT molecular complexity index is 590. The molecule has 0 spiro atoms. The molecule has 1 unspecified atom stereocenters. The molecule has 0 aromatic heterocycles. The van der Waals surface area contributed by atoms with Crippen molar-refractivity contribution in [1.82, 2.24) is 15.1 Å². The Labute approximate surface area is 145 Å². The maximum atomic E-state index is 13.4. The van der Waals surface area contributed by atoms with Crippen LogP contribution in [0.15, 0.2) is 24.3 Å². The number of carbonyl (C=O) groups excluding carboxylic acids is 2. The van der Waals surface area contributed by atoms with Crippen LogP contribution in [-0.2, 0) is 9.59 Å². The van der Waals surface area contributed by atoms with Crippen LogP contribution in [0.2, 0.25) is 0 Å². The molecule has 1 atom stereocenters. The number of hydrogen-bond donors (Lipinski definition) is 1. The van der Waals surface area contributed by atoms with Crippen molar-refractivity contribution in [3.8, 4) is 0 Å². The van der Waals surface area contributed by atoms with Gasteiger partial charge in [0, 0.05) is 19.6 Å². The van der Waals surface area contributed by atoms with E-state index in [1.807, 2.05) is 6.07 Å². The lowest BCUT2D eigenvalue weighted by Crippen LogP contribution is -2.51. The van der Waals surface area contributed by atoms with Gasteiger partial charge in [0.05, 0.1) is 17.7 Å². The molecule has 3 rings (SSSR count). The van der Waals surface area contributed by atoms with Gasteiger partial charge in [-0.3, -0.25) is 9.59 Å². The molecular weight excluding hydrogens is 341 g/mol. The highest BCUT2D eigenvalue weighted by Crippen LogP contribution is 2.24. The minimum Gasteiger partial charge on any atom is -0.332 e. The molecule has 2 aliphatic heterocycles. The van der Waals surface area contributed by atoms with Gasteiger partial charge in [-0.1, -0.05) is 12.1 Å². The SMILES string of the molecule is Cl.O=C1CSCN1CC(=O)N1CCNCC1c1cccc(F)c1. The molecule has 5 nitrogen and oxygen atoms in total. The van der Waals surface area contributed by atoms with Crippen LogP contribution in [0, 0.1) is 5.82 Å². The van der Waals surface area contributed by atoms with E-state index in [1.165, 1.54) is 23.9 Å². The minimum absolute atomic E-state index is 0. The smallest absolute Gasteiger partial charge is 0.242 e. The van der Waals surface area contributed by atoms with Crippen molar-refractivity contribution in [2.24, 2.45) is 0 Å². The zero-order chi connectivity index (χ0) is 15.5. The Balaban J connectivity index is 0.00000192. The largest absolute Gasteiger partial charge is 0.332 e. The Morgan fingerprint density at radius 1 is 1.43 bits per heavy atom. The minimum atomic E-state index is -0.304. The van der Waals surface area contributed by atoms with Gasteiger partial charge in [-0.15, -0.1) is 24.2 Å². The summed E-state index contributed by atoms with van der Waals surface area (Å²) in [5.41, 5.74) is 0.780. The fraction of sp³-hybridized carbons (Fsp3) is 0.467. The summed E-state index contributed by atoms with van der Waals surface area (Å²) in [7, 11) is 0. The number of amides is 2. The van der Waals surface area contributed by atoms with Gasteiger partial charge in [-0.05, 0) is 17.7 Å². The second-order valence-electron chi connectivity index (χ2n) is 5.43. The summed E-state index contributed by atoms with van der Waals surface area (Å²) in [4.78, 5) is 27.6. The van der Waals surface area contributed by atoms with E-state index in [-0.39, 0.29) is 42.6 Å². The van der Waals surface area contributed by atoms with Gasteiger partial charge >= 0.3 is 0 Å². The third-order valence-corrected chi connectivity index (χ3v) is 4.89. The first-order valence-electron chi connectivity index (χ1n) is 7.26. The zero-order valence-corrected chi connectivity index (χ0v) is 14.2. The highest BCUT2D eigenvalue weighted by atomic mass is 35.5. The van der Waals surface area contributed by atoms with E-state index in [0.717, 1.165) is 5.56 Å². The second-order valence-corrected chi connectivity index (χ2v) is 6.39. The van der Waals surface area contributed by atoms with Crippen LogP contribution in [0.25, 0.3) is 0 Å². The van der Waals surface area contributed by atoms with Gasteiger partial charge in [0.15, 0.2) is 0 Å². The van der Waals surface area contributed by atoms with Crippen LogP contribution in [0.1, 0.15) is 11.6 Å². The van der Waals surface area contributed by atoms with Gasteiger partial charge in [0.1, 0.15) is 12.4 Å². The highest BCUT2D eigenvalue weighted by Gasteiger charge is 2.31. The lowest BCUT2D eigenvalue weighted by molar-refractivity contribution is -0.140. The number of rotatable bonds is 3. The van der Waals surface area contributed by atoms with Gasteiger partial charge in [-0.2, -0.15) is 0 Å². The average Bonchev–Trinajstić information content (AvgIpc) is 2.92. The topological polar surface area (TPSA) is 52.7 Å². The number of nitrogens with one attached hydrogen (secondary N) is 1. The summed E-state index contributed by atoms with van der Waals surface area (Å²) in [6, 6.07) is 6.16. The fourth-order valence-corrected chi connectivity index (χ4v) is 3.71. The number of benzene rings is 1. The Morgan fingerprint density at radius 3 is 2.96 bits per heavy atom. The summed E-state index contributed by atoms with van der Waals surface area (Å²) in [6.07, 6.45) is 0. The number of carbonyl (C=O) groups is 2. The molecule has 2 fully saturated rings. The molecule has 2 aliphatic rings. The Morgan fingerprint density at radius 2 is 2.26 bits per heavy atom. The first-order chi connectivity index (χ1) is 10.6. The molecule has 0 bridgehead atoms. The van der Waals surface area contributed by atoms with E-state index in [0.29, 0.717) is 31.3 Å². The fourth-order valence-electron chi connectivity index (χ4n) is 2.81. The van der Waals surface area contributed by atoms with Crippen molar-refractivity contribution < 1.29 is 14.0 Å². The quantitative estimate of drug-likeness (QED) is 0.882. The van der Waals surface area contributed by atoms with Crippen LogP contribution in [0.3, 0.4) is 0 Å². The molecule has 2 saturated heterocycles. The molecular formula is C15H19ClFN3O2S. The first-order valence-corrected chi connectivity index (χ1v) is 8.42. The summed E-state index contributed by atoms with van der Waals surface area (Å²) in [5, 5.41) is 3.24. The van der Waals surface area contributed by atoms with Gasteiger partial charge < -0.3 is 15.1 Å². The van der Waals surface area contributed by atoms with E-state index in [4.69, 9.17) is 0 Å². The Kier molecular flexibility index (Phi) is 6.26. The van der Waals surface area contributed by atoms with Crippen molar-refractivity contribution in [2.45, 2.75) is 6.04 Å². The van der Waals surface area contributed by atoms with Crippen molar-refractivity contribution in [3.05, 3.63) is 35.6 Å². The van der Waals surface area contributed by atoms with Crippen molar-refractivity contribution in [1.29, 1.82) is 0 Å². The summed E-state index contributed by atoms with van der Waals surface area (Å²) < 4.78 is 13.4. The monoisotopic (exact) mass is 359 g/mol. The van der Waals surface area contributed by atoms with Crippen LogP contribution < -0.4 is 5.32 Å². The normalized spacial score (nSPS) is 21.3. The zero-order valence-electron chi connectivity index (χ0n) is 12.5. The molecule has 1 aromatic rings. The molecule has 2 heterocycles. The van der Waals surface area contributed by atoms with Crippen LogP contribution in [0.5, 0.6) is 0 Å². The van der Waals surface area contributed by atoms with E-state index >= 15 is 0 Å². The molecule has 2 amide bonds. The molecule has 1 aromatic carbocycles. The van der Waals surface area contributed by atoms with E-state index in [9.17, 15) is 14.0 Å². The maximum Gasteiger partial charge on any atom is 0.242 e. The van der Waals surface area contributed by atoms with Gasteiger partial charge in [0.2, 0.25) is 11.8 Å². The lowest BCUT2D eigenvalue weighted by Gasteiger charge is -2.37. The van der Waals surface area contributed by atoms with Crippen molar-refractivity contribution in [3.63, 3.8) is 0 Å². The number of nitrogens with zero attached hydrogens (tertiary/aromatic N) is 2. The molecule has 23 heavy (non-hydrogen) atoms. The Hall–Kier alpha value is -1.31. The predicted octanol–water partition coefficient (Wildman–Crippen LogP) is 1.25. The second kappa shape index (κ2) is 7.99. The van der Waals surface area contributed by atoms with Crippen LogP contribution in [-0.4, -0.2) is 59.4 Å². The molecule has 1 N–H and O–H groups in total. The molecule has 126 valence electrons. The van der Waals surface area contributed by atoms with E-state index in [1.54, 1.807) is 15.9 Å². The predicted molar refractivity (Wildman–Crippen MR) is 90.0 cm³/mol. The number of piperazine rings is 1. The number of halogens is 2. The average molecular weight is 360 g/mol. The molecule has 0 aliphatic carbocycles. The van der Waals surface area contributed by atoms with E-state index in [2.05, 4.69) is 5.32 Å². The molecule has 8 heteroatoms. The van der Waals surface area contributed by atoms with Gasteiger partial charge in [-0.25, -0.2) is 4.39 Å². The van der Waals surface area contributed by atoms with Gasteiger partial charge in [0.25, 0.3) is 0 Å². The maximum absolute atomic E-state index is 13.4. The number of thioether (sulfide) groups is 1. The number of hydrogen-bond acceptors (Lipinski definition) is 4.